The molecule has 0 aliphatic carbocycles. The lowest BCUT2D eigenvalue weighted by Gasteiger charge is -2.33. The maximum atomic E-state index is 13.8. The summed E-state index contributed by atoms with van der Waals surface area (Å²) in [7, 11) is -1.32. The number of nitro benzene ring substituents is 1. The van der Waals surface area contributed by atoms with Crippen LogP contribution in [0, 0.1) is 16.0 Å². The van der Waals surface area contributed by atoms with Crippen LogP contribution in [0.5, 0.6) is 11.5 Å². The predicted octanol–water partition coefficient (Wildman–Crippen LogP) is 2.96. The van der Waals surface area contributed by atoms with Gasteiger partial charge in [-0.1, -0.05) is 32.9 Å². The lowest BCUT2D eigenvalue weighted by Crippen LogP contribution is -2.52. The van der Waals surface area contributed by atoms with Crippen molar-refractivity contribution in [1.82, 2.24) is 10.2 Å². The third-order valence-corrected chi connectivity index (χ3v) is 7.01. The maximum absolute atomic E-state index is 13.8. The van der Waals surface area contributed by atoms with Crippen molar-refractivity contribution in [2.75, 3.05) is 37.9 Å². The van der Waals surface area contributed by atoms with E-state index in [0.717, 1.165) is 16.6 Å². The number of ether oxygens (including phenoxy) is 2. The zero-order valence-electron chi connectivity index (χ0n) is 23.0. The Morgan fingerprint density at radius 2 is 1.79 bits per heavy atom. The molecule has 1 atom stereocenters. The monoisotopic (exact) mass is 564 g/mol. The molecule has 0 radical (unpaired) electrons. The van der Waals surface area contributed by atoms with E-state index < -0.39 is 33.4 Å². The second-order valence-corrected chi connectivity index (χ2v) is 11.2. The number of methoxy groups -OCH3 is 2. The van der Waals surface area contributed by atoms with Gasteiger partial charge in [0, 0.05) is 25.2 Å². The normalized spacial score (nSPS) is 12.0. The molecule has 0 bridgehead atoms. The fourth-order valence-corrected chi connectivity index (χ4v) is 4.74. The summed E-state index contributed by atoms with van der Waals surface area (Å²) in [4.78, 5) is 39.0. The van der Waals surface area contributed by atoms with Gasteiger partial charge in [0.1, 0.15) is 29.8 Å². The Balaban J connectivity index is 2.56. The van der Waals surface area contributed by atoms with E-state index in [9.17, 15) is 28.1 Å². The summed E-state index contributed by atoms with van der Waals surface area (Å²) in [5.74, 6) is -0.295. The van der Waals surface area contributed by atoms with Crippen molar-refractivity contribution in [2.45, 2.75) is 39.8 Å². The minimum atomic E-state index is -4.12. The van der Waals surface area contributed by atoms with Gasteiger partial charge >= 0.3 is 0 Å². The quantitative estimate of drug-likeness (QED) is 0.272. The first kappa shape index (κ1) is 31.3. The van der Waals surface area contributed by atoms with Gasteiger partial charge in [0.2, 0.25) is 21.8 Å². The van der Waals surface area contributed by atoms with Crippen LogP contribution >= 0.6 is 0 Å². The van der Waals surface area contributed by atoms with Gasteiger partial charge in [-0.05, 0) is 36.1 Å². The molecule has 13 heteroatoms. The number of carbonyl (C=O) groups excluding carboxylic acids is 2. The molecular formula is C26H36N4O8S. The van der Waals surface area contributed by atoms with E-state index >= 15 is 0 Å². The average molecular weight is 565 g/mol. The maximum Gasteiger partial charge on any atom is 0.271 e. The summed E-state index contributed by atoms with van der Waals surface area (Å²) in [5.41, 5.74) is 0.123. The Morgan fingerprint density at radius 3 is 2.33 bits per heavy atom. The van der Waals surface area contributed by atoms with Crippen molar-refractivity contribution in [3.05, 3.63) is 58.1 Å². The molecule has 12 nitrogen and oxygen atoms in total. The molecule has 0 saturated carbocycles. The topological polar surface area (TPSA) is 148 Å². The highest BCUT2D eigenvalue weighted by atomic mass is 32.2. The van der Waals surface area contributed by atoms with E-state index in [1.54, 1.807) is 31.2 Å². The zero-order chi connectivity index (χ0) is 29.3. The summed E-state index contributed by atoms with van der Waals surface area (Å²) < 4.78 is 37.0. The molecule has 1 N–H and O–H groups in total. The molecule has 0 fully saturated rings. The fourth-order valence-electron chi connectivity index (χ4n) is 3.89. The smallest absolute Gasteiger partial charge is 0.271 e. The standard InChI is InChI=1S/C26H36N4O8S/c1-7-22(26(32)27-15-18(2)3)28(16-19-9-8-10-21(13-19)37-4)25(31)17-29(39(6,35)36)23-14-20(30(33)34)11-12-24(23)38-5/h8-14,18,22H,7,15-17H2,1-6H3,(H,27,32)/t22-/m1/s1. The van der Waals surface area contributed by atoms with E-state index in [1.807, 2.05) is 13.8 Å². The molecule has 2 aromatic carbocycles. The van der Waals surface area contributed by atoms with Gasteiger partial charge < -0.3 is 19.7 Å². The van der Waals surface area contributed by atoms with E-state index in [0.29, 0.717) is 17.9 Å². The molecule has 0 heterocycles. The van der Waals surface area contributed by atoms with Crippen molar-refractivity contribution in [3.8, 4) is 11.5 Å². The Labute approximate surface area is 229 Å². The molecule has 0 saturated heterocycles. The van der Waals surface area contributed by atoms with Crippen molar-refractivity contribution in [2.24, 2.45) is 5.92 Å². The third-order valence-electron chi connectivity index (χ3n) is 5.88. The van der Waals surface area contributed by atoms with Crippen LogP contribution in [0.3, 0.4) is 0 Å². The van der Waals surface area contributed by atoms with E-state index in [2.05, 4.69) is 5.32 Å². The number of sulfonamides is 1. The molecule has 2 aromatic rings. The highest BCUT2D eigenvalue weighted by Crippen LogP contribution is 2.34. The SMILES string of the molecule is CC[C@H](C(=O)NCC(C)C)N(Cc1cccc(OC)c1)C(=O)CN(c1cc([N+](=O)[O-])ccc1OC)S(C)(=O)=O. The first-order chi connectivity index (χ1) is 18.3. The molecule has 39 heavy (non-hydrogen) atoms. The van der Waals surface area contributed by atoms with Crippen LogP contribution in [0.2, 0.25) is 0 Å². The van der Waals surface area contributed by atoms with Gasteiger partial charge in [-0.3, -0.25) is 24.0 Å². The number of nitrogens with one attached hydrogen (secondary N) is 1. The number of nitrogens with zero attached hydrogens (tertiary/aromatic N) is 3. The van der Waals surface area contributed by atoms with Gasteiger partial charge in [0.25, 0.3) is 5.69 Å². The van der Waals surface area contributed by atoms with E-state index in [-0.39, 0.29) is 41.9 Å². The minimum Gasteiger partial charge on any atom is -0.497 e. The van der Waals surface area contributed by atoms with E-state index in [4.69, 9.17) is 9.47 Å². The van der Waals surface area contributed by atoms with Crippen LogP contribution < -0.4 is 19.1 Å². The van der Waals surface area contributed by atoms with Gasteiger partial charge in [0.15, 0.2) is 0 Å². The number of non-ortho nitro benzene ring substituents is 1. The Morgan fingerprint density at radius 1 is 1.10 bits per heavy atom. The predicted molar refractivity (Wildman–Crippen MR) is 147 cm³/mol. The fraction of sp³-hybridized carbons (Fsp3) is 0.462. The second-order valence-electron chi connectivity index (χ2n) is 9.32. The van der Waals surface area contributed by atoms with Crippen molar-refractivity contribution >= 4 is 33.2 Å². The summed E-state index contributed by atoms with van der Waals surface area (Å²) in [6.45, 7) is 5.31. The van der Waals surface area contributed by atoms with Crippen LogP contribution in [-0.4, -0.2) is 69.7 Å². The number of nitro groups is 1. The largest absolute Gasteiger partial charge is 0.497 e. The number of hydrogen-bond donors (Lipinski definition) is 1. The second kappa shape index (κ2) is 13.8. The van der Waals surface area contributed by atoms with Crippen LogP contribution in [0.4, 0.5) is 11.4 Å². The molecule has 0 aromatic heterocycles. The molecule has 214 valence electrons. The molecule has 0 aliphatic rings. The first-order valence-electron chi connectivity index (χ1n) is 12.3. The molecule has 2 rings (SSSR count). The lowest BCUT2D eigenvalue weighted by atomic mass is 10.1. The van der Waals surface area contributed by atoms with Gasteiger partial charge in [-0.15, -0.1) is 0 Å². The number of rotatable bonds is 14. The molecule has 0 aliphatic heterocycles. The summed E-state index contributed by atoms with van der Waals surface area (Å²) in [5, 5.41) is 14.2. The summed E-state index contributed by atoms with van der Waals surface area (Å²) in [6.07, 6.45) is 1.15. The zero-order valence-corrected chi connectivity index (χ0v) is 23.9. The van der Waals surface area contributed by atoms with Gasteiger partial charge in [-0.25, -0.2) is 8.42 Å². The summed E-state index contributed by atoms with van der Waals surface area (Å²) in [6, 6.07) is 9.53. The van der Waals surface area contributed by atoms with Crippen LogP contribution in [0.15, 0.2) is 42.5 Å². The van der Waals surface area contributed by atoms with Crippen molar-refractivity contribution in [1.29, 1.82) is 0 Å². The Kier molecular flexibility index (Phi) is 11.1. The lowest BCUT2D eigenvalue weighted by molar-refractivity contribution is -0.384. The van der Waals surface area contributed by atoms with Gasteiger partial charge in [0.05, 0.1) is 25.4 Å². The highest BCUT2D eigenvalue weighted by molar-refractivity contribution is 7.92. The number of benzene rings is 2. The molecule has 2 amide bonds. The van der Waals surface area contributed by atoms with E-state index in [1.165, 1.54) is 31.3 Å². The van der Waals surface area contributed by atoms with Gasteiger partial charge in [-0.2, -0.15) is 0 Å². The van der Waals surface area contributed by atoms with Crippen LogP contribution in [0.1, 0.15) is 32.8 Å². The number of hydrogen-bond acceptors (Lipinski definition) is 8. The Bertz CT molecular complexity index is 1280. The molecule has 0 unspecified atom stereocenters. The van der Waals surface area contributed by atoms with Crippen LogP contribution in [0.25, 0.3) is 0 Å². The van der Waals surface area contributed by atoms with Crippen molar-refractivity contribution < 1.29 is 32.4 Å². The van der Waals surface area contributed by atoms with Crippen molar-refractivity contribution in [3.63, 3.8) is 0 Å². The molecule has 0 spiro atoms. The third kappa shape index (κ3) is 8.57. The summed E-state index contributed by atoms with van der Waals surface area (Å²) >= 11 is 0. The van der Waals surface area contributed by atoms with Crippen LogP contribution in [-0.2, 0) is 26.2 Å². The number of carbonyl (C=O) groups is 2. The Hall–Kier alpha value is -3.87. The number of anilines is 1. The highest BCUT2D eigenvalue weighted by Gasteiger charge is 2.33. The first-order valence-corrected chi connectivity index (χ1v) is 14.2. The molecular weight excluding hydrogens is 528 g/mol. The average Bonchev–Trinajstić information content (AvgIpc) is 2.89. The minimum absolute atomic E-state index is 0.00663. The number of amides is 2.